The van der Waals surface area contributed by atoms with Gasteiger partial charge in [-0.25, -0.2) is 9.07 Å². The number of methoxy groups -OCH3 is 1. The third kappa shape index (κ3) is 5.17. The second kappa shape index (κ2) is 9.13. The molecule has 1 N–H and O–H groups in total. The molecule has 6 nitrogen and oxygen atoms in total. The second-order valence-electron chi connectivity index (χ2n) is 8.21. The van der Waals surface area contributed by atoms with E-state index in [2.05, 4.69) is 23.8 Å². The van der Waals surface area contributed by atoms with E-state index in [0.29, 0.717) is 32.0 Å². The molecule has 1 unspecified atom stereocenters. The van der Waals surface area contributed by atoms with Gasteiger partial charge in [-0.2, -0.15) is 5.10 Å². The first kappa shape index (κ1) is 20.9. The van der Waals surface area contributed by atoms with Crippen molar-refractivity contribution in [3.8, 4) is 5.69 Å². The Hall–Kier alpha value is -1.80. The molecule has 0 aliphatic carbocycles. The first-order valence-electron chi connectivity index (χ1n) is 9.67. The normalized spacial score (nSPS) is 17.9. The van der Waals surface area contributed by atoms with Gasteiger partial charge < -0.3 is 14.6 Å². The van der Waals surface area contributed by atoms with Crippen molar-refractivity contribution in [3.05, 3.63) is 47.5 Å². The van der Waals surface area contributed by atoms with Crippen molar-refractivity contribution in [1.82, 2.24) is 14.7 Å². The molecular weight excluding hydrogens is 361 g/mol. The average Bonchev–Trinajstić information content (AvgIpc) is 2.94. The van der Waals surface area contributed by atoms with Crippen molar-refractivity contribution in [2.45, 2.75) is 32.9 Å². The largest absolute Gasteiger partial charge is 0.389 e. The third-order valence-electron chi connectivity index (χ3n) is 4.94. The predicted octanol–water partition coefficient (Wildman–Crippen LogP) is 2.42. The Kier molecular flexibility index (Phi) is 6.82. The van der Waals surface area contributed by atoms with Gasteiger partial charge in [-0.3, -0.25) is 4.90 Å². The molecule has 7 heteroatoms. The zero-order valence-electron chi connectivity index (χ0n) is 16.9. The first-order chi connectivity index (χ1) is 13.4. The van der Waals surface area contributed by atoms with E-state index in [1.165, 1.54) is 6.07 Å². The Morgan fingerprint density at radius 3 is 2.82 bits per heavy atom. The molecule has 2 heterocycles. The standard InChI is InChI=1S/C21H30FN3O3/c1-21(2)10-20-16(11-23-25(20)19-7-5-4-6-18(19)22)12-24(15-21)13-17(26)14-28-9-8-27-3/h4-7,11,17,26H,8-10,12-15H2,1-3H3. The van der Waals surface area contributed by atoms with Crippen LogP contribution in [0.2, 0.25) is 0 Å². The number of aromatic nitrogens is 2. The van der Waals surface area contributed by atoms with Gasteiger partial charge in [0.2, 0.25) is 0 Å². The highest BCUT2D eigenvalue weighted by Gasteiger charge is 2.31. The van der Waals surface area contributed by atoms with Crippen molar-refractivity contribution in [3.63, 3.8) is 0 Å². The van der Waals surface area contributed by atoms with Crippen LogP contribution >= 0.6 is 0 Å². The fourth-order valence-electron chi connectivity index (χ4n) is 3.81. The zero-order valence-corrected chi connectivity index (χ0v) is 16.9. The number of aliphatic hydroxyl groups is 1. The van der Waals surface area contributed by atoms with E-state index in [1.807, 2.05) is 12.3 Å². The van der Waals surface area contributed by atoms with Crippen molar-refractivity contribution < 1.29 is 19.0 Å². The molecule has 0 saturated heterocycles. The summed E-state index contributed by atoms with van der Waals surface area (Å²) in [6, 6.07) is 6.71. The van der Waals surface area contributed by atoms with Crippen molar-refractivity contribution in [2.75, 3.05) is 40.0 Å². The number of aliphatic hydroxyl groups excluding tert-OH is 1. The summed E-state index contributed by atoms with van der Waals surface area (Å²) >= 11 is 0. The maximum Gasteiger partial charge on any atom is 0.148 e. The predicted molar refractivity (Wildman–Crippen MR) is 105 cm³/mol. The van der Waals surface area contributed by atoms with Gasteiger partial charge in [0.15, 0.2) is 0 Å². The van der Waals surface area contributed by atoms with Crippen LogP contribution in [0.25, 0.3) is 5.69 Å². The van der Waals surface area contributed by atoms with Crippen molar-refractivity contribution >= 4 is 0 Å². The average molecular weight is 391 g/mol. The van der Waals surface area contributed by atoms with Gasteiger partial charge >= 0.3 is 0 Å². The lowest BCUT2D eigenvalue weighted by atomic mass is 9.87. The van der Waals surface area contributed by atoms with Gasteiger partial charge in [0, 0.05) is 38.0 Å². The van der Waals surface area contributed by atoms with Crippen LogP contribution in [0, 0.1) is 11.2 Å². The number of ether oxygens (including phenoxy) is 2. The summed E-state index contributed by atoms with van der Waals surface area (Å²) in [7, 11) is 1.62. The Morgan fingerprint density at radius 2 is 2.07 bits per heavy atom. The summed E-state index contributed by atoms with van der Waals surface area (Å²) in [5.41, 5.74) is 2.54. The van der Waals surface area contributed by atoms with E-state index in [-0.39, 0.29) is 17.8 Å². The Bertz CT molecular complexity index is 778. The minimum Gasteiger partial charge on any atom is -0.389 e. The summed E-state index contributed by atoms with van der Waals surface area (Å²) < 4.78 is 26.4. The summed E-state index contributed by atoms with van der Waals surface area (Å²) in [4.78, 5) is 2.23. The molecule has 0 bridgehead atoms. The highest BCUT2D eigenvalue weighted by Crippen LogP contribution is 2.31. The number of para-hydroxylation sites is 1. The molecule has 0 spiro atoms. The van der Waals surface area contributed by atoms with Crippen LogP contribution in [-0.2, 0) is 22.4 Å². The number of nitrogens with zero attached hydrogens (tertiary/aromatic N) is 3. The molecule has 1 aliphatic rings. The van der Waals surface area contributed by atoms with Crippen LogP contribution < -0.4 is 0 Å². The number of halogens is 1. The van der Waals surface area contributed by atoms with Crippen LogP contribution in [0.3, 0.4) is 0 Å². The molecule has 2 aromatic rings. The molecule has 28 heavy (non-hydrogen) atoms. The third-order valence-corrected chi connectivity index (χ3v) is 4.94. The summed E-state index contributed by atoms with van der Waals surface area (Å²) in [5, 5.41) is 14.8. The summed E-state index contributed by atoms with van der Waals surface area (Å²) in [5.74, 6) is -0.282. The number of hydrogen-bond donors (Lipinski definition) is 1. The monoisotopic (exact) mass is 391 g/mol. The Labute approximate surface area is 165 Å². The van der Waals surface area contributed by atoms with E-state index in [9.17, 15) is 9.50 Å². The van der Waals surface area contributed by atoms with Crippen LogP contribution in [0.15, 0.2) is 30.5 Å². The molecule has 154 valence electrons. The molecule has 1 aromatic carbocycles. The van der Waals surface area contributed by atoms with Gasteiger partial charge in [-0.15, -0.1) is 0 Å². The van der Waals surface area contributed by atoms with Gasteiger partial charge in [-0.05, 0) is 24.0 Å². The molecule has 1 atom stereocenters. The number of β-amino-alcohol motifs (C(OH)–C–C–N with tert-alkyl or cyclic N) is 1. The van der Waals surface area contributed by atoms with Crippen molar-refractivity contribution in [2.24, 2.45) is 5.41 Å². The Morgan fingerprint density at radius 1 is 1.29 bits per heavy atom. The van der Waals surface area contributed by atoms with Gasteiger partial charge in [-0.1, -0.05) is 26.0 Å². The molecule has 1 aromatic heterocycles. The lowest BCUT2D eigenvalue weighted by Crippen LogP contribution is -2.39. The van der Waals surface area contributed by atoms with Gasteiger partial charge in [0.25, 0.3) is 0 Å². The van der Waals surface area contributed by atoms with Crippen molar-refractivity contribution in [1.29, 1.82) is 0 Å². The highest BCUT2D eigenvalue weighted by atomic mass is 19.1. The fourth-order valence-corrected chi connectivity index (χ4v) is 3.81. The van der Waals surface area contributed by atoms with Crippen LogP contribution in [0.4, 0.5) is 4.39 Å². The van der Waals surface area contributed by atoms with Crippen LogP contribution in [0.1, 0.15) is 25.1 Å². The minimum atomic E-state index is -0.573. The Balaban J connectivity index is 1.75. The van der Waals surface area contributed by atoms with E-state index in [1.54, 1.807) is 23.9 Å². The first-order valence-corrected chi connectivity index (χ1v) is 9.67. The van der Waals surface area contributed by atoms with Gasteiger partial charge in [0.1, 0.15) is 11.5 Å². The molecular formula is C21H30FN3O3. The van der Waals surface area contributed by atoms with E-state index in [0.717, 1.165) is 24.2 Å². The summed E-state index contributed by atoms with van der Waals surface area (Å²) in [6.45, 7) is 7.66. The van der Waals surface area contributed by atoms with E-state index < -0.39 is 6.10 Å². The fraction of sp³-hybridized carbons (Fsp3) is 0.571. The van der Waals surface area contributed by atoms with Crippen LogP contribution in [0.5, 0.6) is 0 Å². The molecule has 0 fully saturated rings. The number of fused-ring (bicyclic) bond motifs is 1. The molecule has 0 amide bonds. The topological polar surface area (TPSA) is 59.8 Å². The quantitative estimate of drug-likeness (QED) is 0.701. The molecule has 0 radical (unpaired) electrons. The zero-order chi connectivity index (χ0) is 20.1. The number of hydrogen-bond acceptors (Lipinski definition) is 5. The van der Waals surface area contributed by atoms with Gasteiger partial charge in [0.05, 0.1) is 32.1 Å². The smallest absolute Gasteiger partial charge is 0.148 e. The SMILES string of the molecule is COCCOCC(O)CN1Cc2cnn(-c3ccccc3F)c2CC(C)(C)C1. The molecule has 1 aliphatic heterocycles. The number of rotatable bonds is 8. The molecule has 0 saturated carbocycles. The second-order valence-corrected chi connectivity index (χ2v) is 8.21. The highest BCUT2D eigenvalue weighted by molar-refractivity contribution is 5.37. The minimum absolute atomic E-state index is 0.0368. The van der Waals surface area contributed by atoms with E-state index in [4.69, 9.17) is 9.47 Å². The summed E-state index contributed by atoms with van der Waals surface area (Å²) in [6.07, 6.45) is 2.03. The maximum atomic E-state index is 14.3. The van der Waals surface area contributed by atoms with E-state index >= 15 is 0 Å². The lowest BCUT2D eigenvalue weighted by molar-refractivity contribution is -0.00534. The molecule has 3 rings (SSSR count). The lowest BCUT2D eigenvalue weighted by Gasteiger charge is -2.31. The van der Waals surface area contributed by atoms with Crippen LogP contribution in [-0.4, -0.2) is 65.9 Å². The maximum absolute atomic E-state index is 14.3. The number of benzene rings is 1.